The van der Waals surface area contributed by atoms with Gasteiger partial charge in [0.2, 0.25) is 17.7 Å². The minimum Gasteiger partial charge on any atom is -0.481 e. The number of hydrogen-bond acceptors (Lipinski definition) is 8. The van der Waals surface area contributed by atoms with E-state index in [9.17, 15) is 34.2 Å². The lowest BCUT2D eigenvalue weighted by Gasteiger charge is -2.24. The number of carbonyl (C=O) groups excluding carboxylic acids is 3. The van der Waals surface area contributed by atoms with Crippen LogP contribution in [0.4, 0.5) is 0 Å². The van der Waals surface area contributed by atoms with Crippen molar-refractivity contribution < 1.29 is 39.3 Å². The number of hydrogen-bond donors (Lipinski definition) is 9. The van der Waals surface area contributed by atoms with Crippen molar-refractivity contribution in [2.24, 2.45) is 5.73 Å². The van der Waals surface area contributed by atoms with Gasteiger partial charge in [0.1, 0.15) is 18.1 Å². The van der Waals surface area contributed by atoms with E-state index >= 15 is 0 Å². The number of para-hydroxylation sites is 1. The van der Waals surface area contributed by atoms with E-state index in [1.165, 1.54) is 0 Å². The molecule has 2 rings (SSSR count). The van der Waals surface area contributed by atoms with Crippen LogP contribution in [0.1, 0.15) is 12.0 Å². The maximum Gasteiger partial charge on any atom is 0.327 e. The number of aliphatic hydroxyl groups is 1. The third-order valence-corrected chi connectivity index (χ3v) is 5.44. The van der Waals surface area contributed by atoms with E-state index in [1.54, 1.807) is 18.3 Å². The van der Waals surface area contributed by atoms with Crippen LogP contribution in [-0.4, -0.2) is 86.5 Å². The number of fused-ring (bicyclic) bond motifs is 1. The van der Waals surface area contributed by atoms with Crippen molar-refractivity contribution in [1.29, 1.82) is 0 Å². The molecule has 1 aromatic carbocycles. The third-order valence-electron chi connectivity index (χ3n) is 5.08. The summed E-state index contributed by atoms with van der Waals surface area (Å²) in [5, 5.41) is 35.2. The maximum atomic E-state index is 12.9. The first-order valence-corrected chi connectivity index (χ1v) is 11.1. The van der Waals surface area contributed by atoms with Crippen LogP contribution in [0.5, 0.6) is 0 Å². The summed E-state index contributed by atoms with van der Waals surface area (Å²) in [5.74, 6) is -5.62. The lowest BCUT2D eigenvalue weighted by Crippen LogP contribution is -2.58. The van der Waals surface area contributed by atoms with Crippen LogP contribution in [0.3, 0.4) is 0 Å². The van der Waals surface area contributed by atoms with Crippen LogP contribution in [0.2, 0.25) is 0 Å². The highest BCUT2D eigenvalue weighted by Crippen LogP contribution is 2.19. The van der Waals surface area contributed by atoms with E-state index in [0.29, 0.717) is 5.56 Å². The summed E-state index contributed by atoms with van der Waals surface area (Å²) in [4.78, 5) is 62.9. The van der Waals surface area contributed by atoms with Gasteiger partial charge in [0.05, 0.1) is 19.1 Å². The van der Waals surface area contributed by atoms with Crippen LogP contribution in [0.25, 0.3) is 10.9 Å². The topological polar surface area (TPSA) is 224 Å². The molecule has 0 aliphatic carbocycles. The first-order valence-electron chi connectivity index (χ1n) is 10.4. The first kappa shape index (κ1) is 27.6. The molecule has 0 spiro atoms. The number of nitrogens with two attached hydrogens (primary N) is 1. The van der Waals surface area contributed by atoms with E-state index < -0.39 is 66.9 Å². The zero-order chi connectivity index (χ0) is 26.1. The average Bonchev–Trinajstić information content (AvgIpc) is 3.22. The molecule has 14 heteroatoms. The zero-order valence-corrected chi connectivity index (χ0v) is 19.3. The Kier molecular flexibility index (Phi) is 10.1. The van der Waals surface area contributed by atoms with Gasteiger partial charge in [-0.2, -0.15) is 12.6 Å². The van der Waals surface area contributed by atoms with Crippen molar-refractivity contribution in [2.45, 2.75) is 37.0 Å². The monoisotopic (exact) mass is 509 g/mol. The van der Waals surface area contributed by atoms with Gasteiger partial charge in [0, 0.05) is 29.3 Å². The van der Waals surface area contributed by atoms with Gasteiger partial charge in [0.25, 0.3) is 0 Å². The van der Waals surface area contributed by atoms with Crippen LogP contribution in [0.15, 0.2) is 30.5 Å². The van der Waals surface area contributed by atoms with E-state index in [0.717, 1.165) is 10.9 Å². The fraction of sp³-hybridized carbons (Fsp3) is 0.381. The van der Waals surface area contributed by atoms with E-state index in [4.69, 9.17) is 10.8 Å². The number of H-pyrrole nitrogens is 1. The molecular formula is C21H27N5O8S. The van der Waals surface area contributed by atoms with Gasteiger partial charge >= 0.3 is 11.9 Å². The fourth-order valence-electron chi connectivity index (χ4n) is 3.21. The smallest absolute Gasteiger partial charge is 0.327 e. The lowest BCUT2D eigenvalue weighted by molar-refractivity contribution is -0.141. The second-order valence-corrected chi connectivity index (χ2v) is 8.02. The Morgan fingerprint density at radius 3 is 2.14 bits per heavy atom. The Morgan fingerprint density at radius 1 is 0.943 bits per heavy atom. The van der Waals surface area contributed by atoms with Gasteiger partial charge in [0.15, 0.2) is 0 Å². The molecule has 190 valence electrons. The summed E-state index contributed by atoms with van der Waals surface area (Å²) in [6.07, 6.45) is 0.892. The van der Waals surface area contributed by atoms with E-state index in [-0.39, 0.29) is 12.2 Å². The van der Waals surface area contributed by atoms with Crippen LogP contribution < -0.4 is 21.7 Å². The lowest BCUT2D eigenvalue weighted by atomic mass is 10.0. The number of aromatic nitrogens is 1. The molecule has 13 nitrogen and oxygen atoms in total. The number of thiol groups is 1. The Hall–Kier alpha value is -3.62. The molecule has 35 heavy (non-hydrogen) atoms. The second kappa shape index (κ2) is 12.7. The minimum atomic E-state index is -1.54. The molecule has 3 amide bonds. The molecular weight excluding hydrogens is 482 g/mol. The molecule has 0 aliphatic heterocycles. The number of benzene rings is 1. The van der Waals surface area contributed by atoms with Crippen LogP contribution >= 0.6 is 12.6 Å². The summed E-state index contributed by atoms with van der Waals surface area (Å²) < 4.78 is 0. The molecule has 0 aliphatic rings. The summed E-state index contributed by atoms with van der Waals surface area (Å²) >= 11 is 3.91. The summed E-state index contributed by atoms with van der Waals surface area (Å²) in [5.41, 5.74) is 6.90. The average molecular weight is 510 g/mol. The Labute approximate surface area is 204 Å². The van der Waals surface area contributed by atoms with Gasteiger partial charge in [-0.1, -0.05) is 18.2 Å². The molecule has 4 unspecified atom stereocenters. The molecule has 4 atom stereocenters. The van der Waals surface area contributed by atoms with Gasteiger partial charge < -0.3 is 42.0 Å². The molecule has 0 saturated heterocycles. The molecule has 1 aromatic heterocycles. The molecule has 2 aromatic rings. The Bertz CT molecular complexity index is 1090. The number of amides is 3. The van der Waals surface area contributed by atoms with Crippen molar-refractivity contribution in [2.75, 3.05) is 12.4 Å². The third kappa shape index (κ3) is 7.70. The molecule has 0 fully saturated rings. The number of carboxylic acid groups (broad SMARTS) is 2. The Morgan fingerprint density at radius 2 is 1.54 bits per heavy atom. The van der Waals surface area contributed by atoms with Gasteiger partial charge in [-0.15, -0.1) is 0 Å². The summed E-state index contributed by atoms with van der Waals surface area (Å²) in [6, 6.07) is 1.58. The predicted molar refractivity (Wildman–Crippen MR) is 127 cm³/mol. The highest BCUT2D eigenvalue weighted by molar-refractivity contribution is 7.80. The van der Waals surface area contributed by atoms with Gasteiger partial charge in [-0.25, -0.2) is 4.79 Å². The number of aliphatic hydroxyl groups excluding tert-OH is 1. The molecule has 0 bridgehead atoms. The first-order chi connectivity index (χ1) is 16.6. The largest absolute Gasteiger partial charge is 0.481 e. The van der Waals surface area contributed by atoms with E-state index in [1.807, 2.05) is 12.1 Å². The van der Waals surface area contributed by atoms with Crippen LogP contribution in [-0.2, 0) is 30.4 Å². The molecule has 1 heterocycles. The summed E-state index contributed by atoms with van der Waals surface area (Å²) in [6.45, 7) is -0.868. The Balaban J connectivity index is 2.23. The van der Waals surface area contributed by atoms with Crippen molar-refractivity contribution >= 4 is 53.2 Å². The number of aromatic amines is 1. The molecule has 0 saturated carbocycles. The molecule has 0 radical (unpaired) electrons. The summed E-state index contributed by atoms with van der Waals surface area (Å²) in [7, 11) is 0. The van der Waals surface area contributed by atoms with Crippen molar-refractivity contribution in [3.63, 3.8) is 0 Å². The van der Waals surface area contributed by atoms with Crippen molar-refractivity contribution in [3.8, 4) is 0 Å². The number of carboxylic acids is 2. The standard InChI is InChI=1S/C21H27N5O8S/c22-12(6-17(28)29)18(30)25-15(8-27)20(32)24-14(19(31)26-16(9-35)21(33)34)5-10-7-23-13-4-2-1-3-11(10)13/h1-4,7,12,14-16,23,27,35H,5-6,8-9,22H2,(H,24,32)(H,25,30)(H,26,31)(H,28,29)(H,33,34). The maximum absolute atomic E-state index is 12.9. The van der Waals surface area contributed by atoms with Crippen molar-refractivity contribution in [3.05, 3.63) is 36.0 Å². The predicted octanol–water partition coefficient (Wildman–Crippen LogP) is -2.03. The number of nitrogens with one attached hydrogen (secondary N) is 4. The molecule has 9 N–H and O–H groups in total. The fourth-order valence-corrected chi connectivity index (χ4v) is 3.46. The number of aliphatic carboxylic acids is 2. The van der Waals surface area contributed by atoms with Gasteiger partial charge in [-0.3, -0.25) is 19.2 Å². The van der Waals surface area contributed by atoms with Crippen LogP contribution in [0, 0.1) is 0 Å². The quantitative estimate of drug-likeness (QED) is 0.136. The van der Waals surface area contributed by atoms with Gasteiger partial charge in [-0.05, 0) is 11.6 Å². The van der Waals surface area contributed by atoms with Crippen molar-refractivity contribution in [1.82, 2.24) is 20.9 Å². The second-order valence-electron chi connectivity index (χ2n) is 7.65. The highest BCUT2D eigenvalue weighted by atomic mass is 32.1. The SMILES string of the molecule is NC(CC(=O)O)C(=O)NC(CO)C(=O)NC(Cc1c[nH]c2ccccc12)C(=O)NC(CS)C(=O)O. The zero-order valence-electron chi connectivity index (χ0n) is 18.4. The van der Waals surface area contributed by atoms with E-state index in [2.05, 4.69) is 33.6 Å². The highest BCUT2D eigenvalue weighted by Gasteiger charge is 2.30. The normalized spacial score (nSPS) is 14.4. The number of carbonyl (C=O) groups is 5. The number of rotatable bonds is 13. The minimum absolute atomic E-state index is 0.0505.